The Kier molecular flexibility index (Phi) is 8.52. The number of amides is 2. The molecule has 166 valence electrons. The topological polar surface area (TPSA) is 49.4 Å². The van der Waals surface area contributed by atoms with Crippen LogP contribution in [0.1, 0.15) is 49.3 Å². The van der Waals surface area contributed by atoms with Crippen LogP contribution in [0.2, 0.25) is 0 Å². The van der Waals surface area contributed by atoms with Gasteiger partial charge in [0, 0.05) is 18.3 Å². The first kappa shape index (κ1) is 23.3. The average molecular weight is 443 g/mol. The molecule has 1 unspecified atom stereocenters. The number of hydrogen-bond donors (Lipinski definition) is 1. The molecule has 1 saturated carbocycles. The Morgan fingerprint density at radius 2 is 1.68 bits per heavy atom. The fraction of sp³-hybridized carbons (Fsp3) is 0.440. The van der Waals surface area contributed by atoms with Gasteiger partial charge >= 0.3 is 0 Å². The van der Waals surface area contributed by atoms with Crippen LogP contribution in [0.25, 0.3) is 0 Å². The van der Waals surface area contributed by atoms with Gasteiger partial charge < -0.3 is 10.2 Å². The summed E-state index contributed by atoms with van der Waals surface area (Å²) in [4.78, 5) is 27.6. The van der Waals surface area contributed by atoms with E-state index in [-0.39, 0.29) is 29.4 Å². The van der Waals surface area contributed by atoms with Crippen LogP contribution in [0.3, 0.4) is 0 Å². The van der Waals surface area contributed by atoms with Crippen molar-refractivity contribution in [2.24, 2.45) is 0 Å². The highest BCUT2D eigenvalue weighted by Gasteiger charge is 2.28. The van der Waals surface area contributed by atoms with Crippen molar-refractivity contribution in [2.75, 3.05) is 5.75 Å². The third-order valence-corrected chi connectivity index (χ3v) is 6.74. The minimum Gasteiger partial charge on any atom is -0.352 e. The SMILES string of the molecule is Cc1ccc(CN(C(=O)CSCc2ccc(F)cc2)C(C)C(=O)NC2CCCC2)cc1. The monoisotopic (exact) mass is 442 g/mol. The minimum atomic E-state index is -0.541. The molecule has 0 saturated heterocycles. The van der Waals surface area contributed by atoms with E-state index in [1.807, 2.05) is 31.2 Å². The number of thioether (sulfide) groups is 1. The van der Waals surface area contributed by atoms with Gasteiger partial charge in [-0.05, 0) is 49.9 Å². The number of hydrogen-bond acceptors (Lipinski definition) is 3. The van der Waals surface area contributed by atoms with Gasteiger partial charge in [-0.2, -0.15) is 0 Å². The molecule has 1 atom stereocenters. The summed E-state index contributed by atoms with van der Waals surface area (Å²) in [5.41, 5.74) is 3.13. The van der Waals surface area contributed by atoms with E-state index < -0.39 is 6.04 Å². The molecule has 1 aliphatic carbocycles. The third kappa shape index (κ3) is 7.10. The zero-order chi connectivity index (χ0) is 22.2. The lowest BCUT2D eigenvalue weighted by molar-refractivity contribution is -0.138. The summed E-state index contributed by atoms with van der Waals surface area (Å²) < 4.78 is 13.1. The summed E-state index contributed by atoms with van der Waals surface area (Å²) in [6.45, 7) is 4.23. The highest BCUT2D eigenvalue weighted by atomic mass is 32.2. The molecular weight excluding hydrogens is 411 g/mol. The largest absolute Gasteiger partial charge is 0.352 e. The molecule has 1 fully saturated rings. The highest BCUT2D eigenvalue weighted by Crippen LogP contribution is 2.20. The molecule has 2 aromatic carbocycles. The number of halogens is 1. The van der Waals surface area contributed by atoms with Gasteiger partial charge in [-0.15, -0.1) is 11.8 Å². The molecule has 6 heteroatoms. The lowest BCUT2D eigenvalue weighted by Crippen LogP contribution is -2.50. The first-order valence-electron chi connectivity index (χ1n) is 10.9. The molecule has 0 radical (unpaired) electrons. The molecule has 2 aromatic rings. The summed E-state index contributed by atoms with van der Waals surface area (Å²) in [5.74, 6) is 0.464. The zero-order valence-electron chi connectivity index (χ0n) is 18.3. The van der Waals surface area contributed by atoms with Gasteiger partial charge in [-0.3, -0.25) is 9.59 Å². The zero-order valence-corrected chi connectivity index (χ0v) is 19.1. The van der Waals surface area contributed by atoms with Crippen LogP contribution >= 0.6 is 11.8 Å². The molecule has 4 nitrogen and oxygen atoms in total. The maximum absolute atomic E-state index is 13.1. The van der Waals surface area contributed by atoms with Crippen LogP contribution in [0, 0.1) is 12.7 Å². The van der Waals surface area contributed by atoms with Gasteiger partial charge in [-0.25, -0.2) is 4.39 Å². The van der Waals surface area contributed by atoms with Crippen LogP contribution < -0.4 is 5.32 Å². The fourth-order valence-corrected chi connectivity index (χ4v) is 4.66. The van der Waals surface area contributed by atoms with Gasteiger partial charge in [0.1, 0.15) is 11.9 Å². The lowest BCUT2D eigenvalue weighted by Gasteiger charge is -2.29. The summed E-state index contributed by atoms with van der Waals surface area (Å²) in [5, 5.41) is 3.12. The number of nitrogens with one attached hydrogen (secondary N) is 1. The van der Waals surface area contributed by atoms with Crippen LogP contribution in [0.15, 0.2) is 48.5 Å². The van der Waals surface area contributed by atoms with Crippen molar-refractivity contribution in [3.05, 3.63) is 71.0 Å². The van der Waals surface area contributed by atoms with E-state index in [0.29, 0.717) is 12.3 Å². The fourth-order valence-electron chi connectivity index (χ4n) is 3.78. The Morgan fingerprint density at radius 3 is 2.32 bits per heavy atom. The second-order valence-electron chi connectivity index (χ2n) is 8.29. The van der Waals surface area contributed by atoms with E-state index in [4.69, 9.17) is 0 Å². The van der Waals surface area contributed by atoms with Crippen molar-refractivity contribution in [3.8, 4) is 0 Å². The lowest BCUT2D eigenvalue weighted by atomic mass is 10.1. The van der Waals surface area contributed by atoms with Gasteiger partial charge in [0.25, 0.3) is 0 Å². The van der Waals surface area contributed by atoms with Crippen molar-refractivity contribution in [2.45, 2.75) is 63.9 Å². The molecule has 0 spiro atoms. The number of nitrogens with zero attached hydrogens (tertiary/aromatic N) is 1. The maximum atomic E-state index is 13.1. The number of benzene rings is 2. The normalized spacial score (nSPS) is 14.9. The van der Waals surface area contributed by atoms with Crippen molar-refractivity contribution >= 4 is 23.6 Å². The molecule has 1 aliphatic rings. The van der Waals surface area contributed by atoms with Crippen molar-refractivity contribution in [3.63, 3.8) is 0 Å². The molecule has 0 aromatic heterocycles. The number of carbonyl (C=O) groups excluding carboxylic acids is 2. The first-order valence-corrected chi connectivity index (χ1v) is 12.1. The van der Waals surface area contributed by atoms with E-state index in [1.54, 1.807) is 24.0 Å². The number of carbonyl (C=O) groups is 2. The smallest absolute Gasteiger partial charge is 0.242 e. The summed E-state index contributed by atoms with van der Waals surface area (Å²) in [6, 6.07) is 14.0. The van der Waals surface area contributed by atoms with Crippen molar-refractivity contribution < 1.29 is 14.0 Å². The Hall–Kier alpha value is -2.34. The van der Waals surface area contributed by atoms with Crippen LogP contribution in [-0.4, -0.2) is 34.6 Å². The van der Waals surface area contributed by atoms with Crippen molar-refractivity contribution in [1.82, 2.24) is 10.2 Å². The summed E-state index contributed by atoms with van der Waals surface area (Å²) in [7, 11) is 0. The Bertz CT molecular complexity index is 864. The van der Waals surface area contributed by atoms with E-state index >= 15 is 0 Å². The summed E-state index contributed by atoms with van der Waals surface area (Å²) >= 11 is 1.48. The predicted octanol–water partition coefficient (Wildman–Crippen LogP) is 4.84. The number of rotatable bonds is 9. The predicted molar refractivity (Wildman–Crippen MR) is 124 cm³/mol. The van der Waals surface area contributed by atoms with E-state index in [9.17, 15) is 14.0 Å². The van der Waals surface area contributed by atoms with E-state index in [0.717, 1.165) is 42.4 Å². The molecule has 0 bridgehead atoms. The van der Waals surface area contributed by atoms with Gasteiger partial charge in [0.2, 0.25) is 11.8 Å². The third-order valence-electron chi connectivity index (χ3n) is 5.75. The second kappa shape index (κ2) is 11.3. The van der Waals surface area contributed by atoms with Crippen molar-refractivity contribution in [1.29, 1.82) is 0 Å². The molecule has 3 rings (SSSR count). The molecular formula is C25H31FN2O2S. The van der Waals surface area contributed by atoms with Gasteiger partial charge in [-0.1, -0.05) is 54.8 Å². The first-order chi connectivity index (χ1) is 14.9. The van der Waals surface area contributed by atoms with Crippen LogP contribution in [0.5, 0.6) is 0 Å². The average Bonchev–Trinajstić information content (AvgIpc) is 3.27. The molecule has 31 heavy (non-hydrogen) atoms. The van der Waals surface area contributed by atoms with Gasteiger partial charge in [0.15, 0.2) is 0 Å². The molecule has 1 N–H and O–H groups in total. The Labute approximate surface area is 188 Å². The van der Waals surface area contributed by atoms with Gasteiger partial charge in [0.05, 0.1) is 5.75 Å². The van der Waals surface area contributed by atoms with E-state index in [1.165, 1.54) is 23.9 Å². The van der Waals surface area contributed by atoms with E-state index in [2.05, 4.69) is 5.32 Å². The highest BCUT2D eigenvalue weighted by molar-refractivity contribution is 7.99. The Balaban J connectivity index is 1.64. The standard InChI is InChI=1S/C25H31FN2O2S/c1-18-7-9-20(10-8-18)15-28(19(2)25(30)27-23-5-3-4-6-23)24(29)17-31-16-21-11-13-22(26)14-12-21/h7-14,19,23H,3-6,15-17H2,1-2H3,(H,27,30). The van der Waals surface area contributed by atoms with Crippen LogP contribution in [0.4, 0.5) is 4.39 Å². The molecule has 0 aliphatic heterocycles. The minimum absolute atomic E-state index is 0.0678. The second-order valence-corrected chi connectivity index (χ2v) is 9.28. The van der Waals surface area contributed by atoms with Crippen LogP contribution in [-0.2, 0) is 21.9 Å². The Morgan fingerprint density at radius 1 is 1.06 bits per heavy atom. The molecule has 2 amide bonds. The quantitative estimate of drug-likeness (QED) is 0.604. The molecule has 0 heterocycles. The maximum Gasteiger partial charge on any atom is 0.242 e. The number of aryl methyl sites for hydroxylation is 1. The summed E-state index contributed by atoms with van der Waals surface area (Å²) in [6.07, 6.45) is 4.31.